The molecule has 0 saturated heterocycles. The van der Waals surface area contributed by atoms with Gasteiger partial charge in [-0.05, 0) is 38.1 Å². The van der Waals surface area contributed by atoms with E-state index in [9.17, 15) is 13.2 Å². The Labute approximate surface area is 150 Å². The molecule has 0 aliphatic carbocycles. The summed E-state index contributed by atoms with van der Waals surface area (Å²) in [6.45, 7) is 3.69. The minimum atomic E-state index is -3.36. The van der Waals surface area contributed by atoms with Gasteiger partial charge in [-0.3, -0.25) is 10.1 Å². The van der Waals surface area contributed by atoms with Crippen molar-refractivity contribution < 1.29 is 17.9 Å². The number of aromatic nitrogens is 3. The van der Waals surface area contributed by atoms with Crippen LogP contribution in [0.4, 0.5) is 11.5 Å². The van der Waals surface area contributed by atoms with Crippen LogP contribution >= 0.6 is 0 Å². The first kappa shape index (κ1) is 17.9. The summed E-state index contributed by atoms with van der Waals surface area (Å²) in [5, 5.41) is 10.6. The number of pyridine rings is 1. The second kappa shape index (κ2) is 6.75. The van der Waals surface area contributed by atoms with Crippen LogP contribution in [0, 0.1) is 6.92 Å². The molecule has 1 aromatic carbocycles. The number of benzene rings is 1. The second-order valence-corrected chi connectivity index (χ2v) is 7.74. The number of rotatable bonds is 5. The monoisotopic (exact) mass is 374 g/mol. The fourth-order valence-electron chi connectivity index (χ4n) is 2.57. The summed E-state index contributed by atoms with van der Waals surface area (Å²) in [6.07, 6.45) is 2.74. The van der Waals surface area contributed by atoms with Crippen LogP contribution < -0.4 is 5.32 Å². The van der Waals surface area contributed by atoms with E-state index in [1.165, 1.54) is 6.07 Å². The van der Waals surface area contributed by atoms with E-state index in [0.717, 1.165) is 6.26 Å². The number of esters is 1. The van der Waals surface area contributed by atoms with Gasteiger partial charge in [0.2, 0.25) is 0 Å². The Bertz CT molecular complexity index is 1090. The van der Waals surface area contributed by atoms with Gasteiger partial charge in [0.15, 0.2) is 15.7 Å². The van der Waals surface area contributed by atoms with Crippen molar-refractivity contribution in [3.8, 4) is 0 Å². The lowest BCUT2D eigenvalue weighted by atomic mass is 10.1. The molecule has 0 saturated carbocycles. The van der Waals surface area contributed by atoms with Gasteiger partial charge < -0.3 is 10.1 Å². The van der Waals surface area contributed by atoms with Crippen molar-refractivity contribution in [1.82, 2.24) is 15.2 Å². The summed E-state index contributed by atoms with van der Waals surface area (Å²) in [4.78, 5) is 16.6. The summed E-state index contributed by atoms with van der Waals surface area (Å²) in [5.74, 6) is -0.186. The fraction of sp³-hybridized carbons (Fsp3) is 0.235. The average molecular weight is 374 g/mol. The molecule has 0 bridgehead atoms. The number of H-pyrrole nitrogens is 1. The maximum atomic E-state index is 12.2. The standard InChI is InChI=1S/C17H18N4O4S/c1-4-25-17(22)15-10(2)20-21-16(15)19-14-7-8-18-13-6-5-11(9-12(13)14)26(3,23)24/h5-9H,4H2,1-3H3,(H2,18,19,20,21). The number of fused-ring (bicyclic) bond motifs is 1. The van der Waals surface area contributed by atoms with Crippen LogP contribution in [-0.2, 0) is 14.6 Å². The molecule has 0 amide bonds. The number of sulfone groups is 1. The lowest BCUT2D eigenvalue weighted by Gasteiger charge is -2.10. The van der Waals surface area contributed by atoms with Crippen LogP contribution in [0.15, 0.2) is 35.4 Å². The molecule has 2 N–H and O–H groups in total. The highest BCUT2D eigenvalue weighted by Crippen LogP contribution is 2.29. The Hall–Kier alpha value is -2.94. The molecule has 0 fully saturated rings. The van der Waals surface area contributed by atoms with Gasteiger partial charge in [0, 0.05) is 23.5 Å². The van der Waals surface area contributed by atoms with Crippen molar-refractivity contribution in [2.75, 3.05) is 18.2 Å². The van der Waals surface area contributed by atoms with Crippen molar-refractivity contribution in [2.24, 2.45) is 0 Å². The highest BCUT2D eigenvalue weighted by molar-refractivity contribution is 7.90. The first-order chi connectivity index (χ1) is 12.3. The third-order valence-electron chi connectivity index (χ3n) is 3.82. The van der Waals surface area contributed by atoms with Crippen molar-refractivity contribution in [2.45, 2.75) is 18.7 Å². The Balaban J connectivity index is 2.09. The van der Waals surface area contributed by atoms with E-state index in [-0.39, 0.29) is 11.5 Å². The van der Waals surface area contributed by atoms with E-state index >= 15 is 0 Å². The molecular weight excluding hydrogens is 356 g/mol. The first-order valence-electron chi connectivity index (χ1n) is 7.89. The zero-order chi connectivity index (χ0) is 18.9. The molecule has 2 aromatic heterocycles. The molecule has 9 heteroatoms. The first-order valence-corrected chi connectivity index (χ1v) is 9.78. The minimum Gasteiger partial charge on any atom is -0.462 e. The zero-order valence-corrected chi connectivity index (χ0v) is 15.3. The molecule has 26 heavy (non-hydrogen) atoms. The summed E-state index contributed by atoms with van der Waals surface area (Å²) < 4.78 is 28.8. The number of ether oxygens (including phenoxy) is 1. The molecule has 0 unspecified atom stereocenters. The lowest BCUT2D eigenvalue weighted by Crippen LogP contribution is -2.08. The van der Waals surface area contributed by atoms with Gasteiger partial charge >= 0.3 is 5.97 Å². The SMILES string of the molecule is CCOC(=O)c1c(Nc2ccnc3ccc(S(C)(=O)=O)cc23)n[nH]c1C. The van der Waals surface area contributed by atoms with Crippen LogP contribution in [0.5, 0.6) is 0 Å². The molecule has 3 rings (SSSR count). The number of aromatic amines is 1. The normalized spacial score (nSPS) is 11.5. The number of carbonyl (C=O) groups is 1. The van der Waals surface area contributed by atoms with Gasteiger partial charge in [0.05, 0.1) is 22.7 Å². The minimum absolute atomic E-state index is 0.185. The van der Waals surface area contributed by atoms with Crippen molar-refractivity contribution in [3.05, 3.63) is 41.7 Å². The molecule has 0 radical (unpaired) electrons. The molecule has 8 nitrogen and oxygen atoms in total. The molecule has 0 aliphatic rings. The quantitative estimate of drug-likeness (QED) is 0.660. The van der Waals surface area contributed by atoms with E-state index in [0.29, 0.717) is 33.7 Å². The number of carbonyl (C=O) groups excluding carboxylic acids is 1. The Morgan fingerprint density at radius 2 is 2.08 bits per heavy atom. The number of nitrogens with zero attached hydrogens (tertiary/aromatic N) is 2. The summed E-state index contributed by atoms with van der Waals surface area (Å²) in [5.41, 5.74) is 2.07. The Morgan fingerprint density at radius 1 is 1.31 bits per heavy atom. The molecule has 0 aliphatic heterocycles. The maximum absolute atomic E-state index is 12.2. The summed E-state index contributed by atoms with van der Waals surface area (Å²) in [7, 11) is -3.36. The topological polar surface area (TPSA) is 114 Å². The van der Waals surface area contributed by atoms with Crippen LogP contribution in [0.25, 0.3) is 10.9 Å². The van der Waals surface area contributed by atoms with Crippen molar-refractivity contribution >= 4 is 38.2 Å². The maximum Gasteiger partial charge on any atom is 0.343 e. The Kier molecular flexibility index (Phi) is 4.64. The highest BCUT2D eigenvalue weighted by atomic mass is 32.2. The third kappa shape index (κ3) is 3.38. The van der Waals surface area contributed by atoms with Crippen LogP contribution in [0.2, 0.25) is 0 Å². The van der Waals surface area contributed by atoms with E-state index in [4.69, 9.17) is 4.74 Å². The van der Waals surface area contributed by atoms with Gasteiger partial charge in [-0.25, -0.2) is 13.2 Å². The number of anilines is 2. The number of aryl methyl sites for hydroxylation is 1. The average Bonchev–Trinajstić information content (AvgIpc) is 2.94. The number of hydrogen-bond acceptors (Lipinski definition) is 7. The molecule has 3 aromatic rings. The molecule has 0 spiro atoms. The van der Waals surface area contributed by atoms with E-state index in [2.05, 4.69) is 20.5 Å². The van der Waals surface area contributed by atoms with Gasteiger partial charge in [0.25, 0.3) is 0 Å². The van der Waals surface area contributed by atoms with Crippen LogP contribution in [0.3, 0.4) is 0 Å². The fourth-order valence-corrected chi connectivity index (χ4v) is 3.21. The summed E-state index contributed by atoms with van der Waals surface area (Å²) in [6, 6.07) is 6.38. The summed E-state index contributed by atoms with van der Waals surface area (Å²) >= 11 is 0. The third-order valence-corrected chi connectivity index (χ3v) is 4.93. The highest BCUT2D eigenvalue weighted by Gasteiger charge is 2.20. The molecular formula is C17H18N4O4S. The largest absolute Gasteiger partial charge is 0.462 e. The Morgan fingerprint density at radius 3 is 2.77 bits per heavy atom. The molecule has 0 atom stereocenters. The van der Waals surface area contributed by atoms with E-state index in [1.54, 1.807) is 38.2 Å². The predicted octanol–water partition coefficient (Wildman–Crippen LogP) is 2.59. The van der Waals surface area contributed by atoms with Crippen molar-refractivity contribution in [1.29, 1.82) is 0 Å². The smallest absolute Gasteiger partial charge is 0.343 e. The lowest BCUT2D eigenvalue weighted by molar-refractivity contribution is 0.0527. The van der Waals surface area contributed by atoms with E-state index in [1.807, 2.05) is 0 Å². The molecule has 136 valence electrons. The van der Waals surface area contributed by atoms with Gasteiger partial charge in [-0.2, -0.15) is 5.10 Å². The second-order valence-electron chi connectivity index (χ2n) is 5.73. The van der Waals surface area contributed by atoms with Gasteiger partial charge in [-0.1, -0.05) is 0 Å². The predicted molar refractivity (Wildman–Crippen MR) is 97.4 cm³/mol. The van der Waals surface area contributed by atoms with E-state index < -0.39 is 15.8 Å². The number of hydrogen-bond donors (Lipinski definition) is 2. The van der Waals surface area contributed by atoms with Crippen molar-refractivity contribution in [3.63, 3.8) is 0 Å². The molecule has 2 heterocycles. The van der Waals surface area contributed by atoms with Crippen LogP contribution in [-0.4, -0.2) is 42.4 Å². The zero-order valence-electron chi connectivity index (χ0n) is 14.5. The van der Waals surface area contributed by atoms with Gasteiger partial charge in [-0.15, -0.1) is 0 Å². The van der Waals surface area contributed by atoms with Crippen LogP contribution in [0.1, 0.15) is 23.0 Å². The van der Waals surface area contributed by atoms with Gasteiger partial charge in [0.1, 0.15) is 5.56 Å². The number of nitrogens with one attached hydrogen (secondary N) is 2.